The lowest BCUT2D eigenvalue weighted by atomic mass is 9.69. The summed E-state index contributed by atoms with van der Waals surface area (Å²) in [5.41, 5.74) is -0.430. The molecule has 1 atom stereocenters. The monoisotopic (exact) mass is 1030 g/mol. The molecule has 0 spiro atoms. The molecule has 0 amide bonds. The highest BCUT2D eigenvalue weighted by Crippen LogP contribution is 2.47. The number of hydrogen-bond acceptors (Lipinski definition) is 13. The molecule has 3 aromatic carbocycles. The number of carboxylic acid groups (broad SMARTS) is 1. The van der Waals surface area contributed by atoms with Crippen molar-refractivity contribution >= 4 is 79.1 Å². The van der Waals surface area contributed by atoms with E-state index in [0.717, 1.165) is 12.1 Å². The zero-order valence-electron chi connectivity index (χ0n) is 37.3. The van der Waals surface area contributed by atoms with E-state index in [-0.39, 0.29) is 59.3 Å². The second-order valence-electron chi connectivity index (χ2n) is 18.6. The van der Waals surface area contributed by atoms with Gasteiger partial charge in [0.25, 0.3) is 50.6 Å². The molecule has 25 heteroatoms. The third-order valence-corrected chi connectivity index (χ3v) is 16.7. The second kappa shape index (κ2) is 17.1. The Labute approximate surface area is 389 Å². The van der Waals surface area contributed by atoms with E-state index >= 15 is 0 Å². The molecule has 2 aliphatic heterocycles. The Morgan fingerprint density at radius 2 is 1.33 bits per heavy atom. The van der Waals surface area contributed by atoms with Crippen molar-refractivity contribution in [2.24, 2.45) is 0 Å². The summed E-state index contributed by atoms with van der Waals surface area (Å²) < 4.78 is 177. The highest BCUT2D eigenvalue weighted by atomic mass is 32.2. The van der Waals surface area contributed by atoms with Crippen LogP contribution in [0.3, 0.4) is 0 Å². The van der Waals surface area contributed by atoms with Gasteiger partial charge in [-0.05, 0) is 91.9 Å². The molecule has 0 saturated heterocycles. The Morgan fingerprint density at radius 1 is 0.731 bits per heavy atom. The standard InChI is InChI=1S/C42H51N3O17S5/c1-24(65(54,55)56)20-43-39-31-14-29-26(22-63(48,49)50)18-40(2,3)44(12-8-9-38(46)47)35(29)16-33(31)42(6,7)34-17-36-30(15-32(34)39)27(23-64(51,52)53)19-41(4,5)45(36)21-25-10-11-28(66(57,58)59)13-37(25)67(60,61)62/h10-11,13-19,24H,8-9,12,20-23H2,1-7H3,(H6,46,47,48,49,50,51,52,53,54,55,56,57,58,59,60,61,62)/p+1. The Bertz CT molecular complexity index is 3410. The summed E-state index contributed by atoms with van der Waals surface area (Å²) in [5.74, 6) is -2.76. The molecule has 0 bridgehead atoms. The van der Waals surface area contributed by atoms with Crippen molar-refractivity contribution in [3.63, 3.8) is 0 Å². The van der Waals surface area contributed by atoms with Crippen LogP contribution in [0.15, 0.2) is 64.4 Å². The SMILES string of the molecule is CC(CNC1=c2cc3c(cc2C(C)(C)c2cc4c(cc21)C(CS(=O)(=O)O)=CC(C)(C)N4CCCC(=O)O)=[N+](Cc1ccc(S(=O)(=O)O)cc1S(=O)(=O)O)C(C)(C)C=C3CS(=O)(=O)O)S(=O)(=O)O. The first-order chi connectivity index (χ1) is 30.3. The van der Waals surface area contributed by atoms with Crippen LogP contribution in [0.25, 0.3) is 16.8 Å². The molecule has 6 rings (SSSR count). The average molecular weight is 1030 g/mol. The third-order valence-electron chi connectivity index (χ3n) is 12.3. The van der Waals surface area contributed by atoms with E-state index in [1.54, 1.807) is 62.6 Å². The molecule has 0 saturated carbocycles. The van der Waals surface area contributed by atoms with Gasteiger partial charge in [-0.2, -0.15) is 42.1 Å². The number of anilines is 1. The number of nitrogens with one attached hydrogen (secondary N) is 1. The number of benzene rings is 3. The van der Waals surface area contributed by atoms with Gasteiger partial charge >= 0.3 is 5.97 Å². The van der Waals surface area contributed by atoms with Gasteiger partial charge in [0, 0.05) is 78.1 Å². The van der Waals surface area contributed by atoms with Crippen molar-refractivity contribution in [1.82, 2.24) is 9.89 Å². The summed E-state index contributed by atoms with van der Waals surface area (Å²) in [4.78, 5) is 11.8. The summed E-state index contributed by atoms with van der Waals surface area (Å²) >= 11 is 0. The quantitative estimate of drug-likeness (QED) is 0.0800. The van der Waals surface area contributed by atoms with E-state index < -0.39 is 106 Å². The van der Waals surface area contributed by atoms with Gasteiger partial charge in [0.15, 0.2) is 12.1 Å². The lowest BCUT2D eigenvalue weighted by molar-refractivity contribution is -0.137. The van der Waals surface area contributed by atoms with E-state index in [2.05, 4.69) is 5.32 Å². The van der Waals surface area contributed by atoms with E-state index in [1.165, 1.54) is 13.0 Å². The number of fused-ring (bicyclic) bond motifs is 4. The van der Waals surface area contributed by atoms with Crippen LogP contribution in [0.4, 0.5) is 5.69 Å². The first-order valence-electron chi connectivity index (χ1n) is 20.5. The lowest BCUT2D eigenvalue weighted by Crippen LogP contribution is -2.51. The lowest BCUT2D eigenvalue weighted by Gasteiger charge is -2.45. The van der Waals surface area contributed by atoms with E-state index in [1.807, 2.05) is 18.7 Å². The minimum atomic E-state index is -5.15. The van der Waals surface area contributed by atoms with Gasteiger partial charge in [0.2, 0.25) is 5.36 Å². The maximum Gasteiger partial charge on any atom is 0.303 e. The van der Waals surface area contributed by atoms with Gasteiger partial charge in [0.1, 0.15) is 21.7 Å². The molecular weight excluding hydrogens is 979 g/mol. The van der Waals surface area contributed by atoms with Gasteiger partial charge in [0.05, 0.1) is 16.0 Å². The van der Waals surface area contributed by atoms with Crippen LogP contribution in [-0.2, 0) is 67.3 Å². The fourth-order valence-electron chi connectivity index (χ4n) is 9.16. The molecule has 0 radical (unpaired) electrons. The second-order valence-corrected chi connectivity index (χ2v) is 26.1. The smallest absolute Gasteiger partial charge is 0.303 e. The minimum Gasteiger partial charge on any atom is -0.481 e. The maximum atomic E-state index is 12.7. The Balaban J connectivity index is 1.77. The van der Waals surface area contributed by atoms with Crippen molar-refractivity contribution in [1.29, 1.82) is 0 Å². The van der Waals surface area contributed by atoms with Crippen molar-refractivity contribution in [2.45, 2.75) is 99.4 Å². The molecule has 2 heterocycles. The Hall–Kier alpha value is -4.57. The Kier molecular flexibility index (Phi) is 13.2. The highest BCUT2D eigenvalue weighted by Gasteiger charge is 2.42. The van der Waals surface area contributed by atoms with Crippen LogP contribution < -0.4 is 25.4 Å². The normalized spacial score (nSPS) is 18.2. The van der Waals surface area contributed by atoms with E-state index in [0.29, 0.717) is 39.2 Å². The average Bonchev–Trinajstić information content (AvgIpc) is 3.14. The zero-order valence-corrected chi connectivity index (χ0v) is 41.4. The Morgan fingerprint density at radius 3 is 1.87 bits per heavy atom. The van der Waals surface area contributed by atoms with Crippen LogP contribution in [0.1, 0.15) is 94.7 Å². The summed E-state index contributed by atoms with van der Waals surface area (Å²) in [6.45, 7) is 11.2. The third kappa shape index (κ3) is 10.8. The van der Waals surface area contributed by atoms with Crippen molar-refractivity contribution < 1.29 is 74.8 Å². The van der Waals surface area contributed by atoms with Crippen LogP contribution in [0, 0.1) is 0 Å². The topological polar surface area (TPSA) is 327 Å². The summed E-state index contributed by atoms with van der Waals surface area (Å²) in [6.07, 6.45) is 3.15. The largest absolute Gasteiger partial charge is 0.481 e. The maximum absolute atomic E-state index is 12.7. The molecule has 7 N–H and O–H groups in total. The minimum absolute atomic E-state index is 0.0792. The summed E-state index contributed by atoms with van der Waals surface area (Å²) in [6, 6.07) is 9.33. The van der Waals surface area contributed by atoms with E-state index in [4.69, 9.17) is 0 Å². The first kappa shape index (κ1) is 51.8. The molecule has 0 aromatic heterocycles. The predicted molar refractivity (Wildman–Crippen MR) is 248 cm³/mol. The number of carbonyl (C=O) groups is 1. The van der Waals surface area contributed by atoms with Crippen LogP contribution in [-0.4, -0.2) is 117 Å². The zero-order chi connectivity index (χ0) is 50.4. The van der Waals surface area contributed by atoms with Crippen LogP contribution in [0.5, 0.6) is 0 Å². The van der Waals surface area contributed by atoms with Crippen LogP contribution >= 0.6 is 0 Å². The number of nitrogens with zero attached hydrogens (tertiary/aromatic N) is 2. The molecule has 67 heavy (non-hydrogen) atoms. The molecule has 0 fully saturated rings. The number of hydrogen-bond donors (Lipinski definition) is 7. The molecular formula is C42H52N3O17S5+. The molecule has 20 nitrogen and oxygen atoms in total. The van der Waals surface area contributed by atoms with Crippen molar-refractivity contribution in [3.05, 3.63) is 98.6 Å². The van der Waals surface area contributed by atoms with Crippen molar-refractivity contribution in [2.75, 3.05) is 29.5 Å². The number of rotatable bonds is 16. The highest BCUT2D eigenvalue weighted by molar-refractivity contribution is 7.87. The summed E-state index contributed by atoms with van der Waals surface area (Å²) in [5, 5.41) is 11.9. The van der Waals surface area contributed by atoms with Crippen molar-refractivity contribution in [3.8, 4) is 0 Å². The van der Waals surface area contributed by atoms with Gasteiger partial charge < -0.3 is 15.3 Å². The molecule has 1 unspecified atom stereocenters. The predicted octanol–water partition coefficient (Wildman–Crippen LogP) is 2.33. The fourth-order valence-corrected chi connectivity index (χ4v) is 12.0. The molecule has 366 valence electrons. The molecule has 3 aromatic rings. The fraction of sp³-hybridized carbons (Fsp3) is 0.429. The van der Waals surface area contributed by atoms with Gasteiger partial charge in [-0.25, -0.2) is 4.58 Å². The number of aliphatic carboxylic acids is 1. The van der Waals surface area contributed by atoms with Gasteiger partial charge in [-0.3, -0.25) is 27.6 Å². The molecule has 1 aliphatic carbocycles. The van der Waals surface area contributed by atoms with Gasteiger partial charge in [-0.1, -0.05) is 19.9 Å². The number of carboxylic acids is 1. The van der Waals surface area contributed by atoms with E-state index in [9.17, 15) is 74.8 Å². The first-order valence-corrected chi connectivity index (χ1v) is 28.1. The molecule has 3 aliphatic rings. The van der Waals surface area contributed by atoms with Gasteiger partial charge in [-0.15, -0.1) is 0 Å². The summed E-state index contributed by atoms with van der Waals surface area (Å²) in [7, 11) is -24.1. The van der Waals surface area contributed by atoms with Crippen LogP contribution in [0.2, 0.25) is 0 Å².